The maximum Gasteiger partial charge on any atom is 0.404 e. The summed E-state index contributed by atoms with van der Waals surface area (Å²) < 4.78 is 39.6. The van der Waals surface area contributed by atoms with E-state index in [1.165, 1.54) is 16.2 Å². The van der Waals surface area contributed by atoms with E-state index in [2.05, 4.69) is 81.5 Å². The summed E-state index contributed by atoms with van der Waals surface area (Å²) in [5.41, 5.74) is 7.07. The summed E-state index contributed by atoms with van der Waals surface area (Å²) in [6.07, 6.45) is 6.85. The zero-order valence-corrected chi connectivity index (χ0v) is 31.7. The maximum absolute atomic E-state index is 13.9. The predicted molar refractivity (Wildman–Crippen MR) is 213 cm³/mol. The van der Waals surface area contributed by atoms with Crippen molar-refractivity contribution in [1.29, 1.82) is 0 Å². The van der Waals surface area contributed by atoms with Gasteiger partial charge < -0.3 is 4.90 Å². The van der Waals surface area contributed by atoms with Gasteiger partial charge in [0.15, 0.2) is 5.52 Å². The fourth-order valence-corrected chi connectivity index (χ4v) is 9.58. The smallest absolute Gasteiger partial charge is 0.335 e. The second-order valence-electron chi connectivity index (χ2n) is 12.5. The fourth-order valence-electron chi connectivity index (χ4n) is 6.69. The van der Waals surface area contributed by atoms with Crippen molar-refractivity contribution in [3.05, 3.63) is 144 Å². The Balaban J connectivity index is 1.32. The van der Waals surface area contributed by atoms with Crippen LogP contribution in [0.15, 0.2) is 107 Å². The summed E-state index contributed by atoms with van der Waals surface area (Å²) in [6, 6.07) is 30.9. The molecule has 0 amide bonds. The van der Waals surface area contributed by atoms with Crippen LogP contribution < -0.4 is 19.3 Å². The van der Waals surface area contributed by atoms with Crippen LogP contribution in [-0.2, 0) is 23.2 Å². The number of unbranched alkanes of at least 4 members (excludes halogenated alkanes) is 1. The van der Waals surface area contributed by atoms with Crippen molar-refractivity contribution in [2.45, 2.75) is 46.7 Å². The van der Waals surface area contributed by atoms with Gasteiger partial charge in [-0.1, -0.05) is 89.5 Å². The lowest BCUT2D eigenvalue weighted by Crippen LogP contribution is -2.41. The van der Waals surface area contributed by atoms with Gasteiger partial charge in [0.25, 0.3) is 15.7 Å². The number of rotatable bonds is 11. The number of benzene rings is 3. The lowest BCUT2D eigenvalue weighted by molar-refractivity contribution is -0.678. The van der Waals surface area contributed by atoms with Gasteiger partial charge in [-0.3, -0.25) is 13.9 Å². The van der Waals surface area contributed by atoms with Crippen LogP contribution in [-0.4, -0.2) is 44.1 Å². The molecule has 3 aromatic carbocycles. The highest BCUT2D eigenvalue weighted by molar-refractivity contribution is 8.12. The SMILES string of the molecule is CCN1C(=CC=c2sc(=Cc3cc(C)n4c5ccccc5nc4[n+]3CCCCS(=O)(=O)O)n(CC)c2=O)SC(c2ccccc2)=C1c1ccccc1. The molecule has 12 heteroatoms. The average molecular weight is 751 g/mol. The van der Waals surface area contributed by atoms with Crippen molar-refractivity contribution in [1.82, 2.24) is 18.9 Å². The van der Waals surface area contributed by atoms with Crippen LogP contribution in [0.25, 0.3) is 39.6 Å². The summed E-state index contributed by atoms with van der Waals surface area (Å²) in [5, 5.41) is 1.05. The number of aromatic nitrogens is 4. The van der Waals surface area contributed by atoms with Crippen LogP contribution in [0.1, 0.15) is 49.2 Å². The molecule has 0 bridgehead atoms. The number of allylic oxidation sites excluding steroid dienone is 1. The van der Waals surface area contributed by atoms with E-state index in [-0.39, 0.29) is 11.3 Å². The normalized spacial score (nSPS) is 15.3. The molecule has 0 saturated heterocycles. The Kier molecular flexibility index (Phi) is 10.3. The quantitative estimate of drug-likeness (QED) is 0.0980. The summed E-state index contributed by atoms with van der Waals surface area (Å²) in [5.74, 6) is 0.426. The van der Waals surface area contributed by atoms with Crippen molar-refractivity contribution in [3.8, 4) is 0 Å². The molecular formula is C40H40N5O4S3+. The van der Waals surface area contributed by atoms with E-state index in [1.54, 1.807) is 16.3 Å². The van der Waals surface area contributed by atoms with Crippen LogP contribution in [0.4, 0.5) is 0 Å². The maximum atomic E-state index is 13.9. The molecule has 0 atom stereocenters. The van der Waals surface area contributed by atoms with E-state index in [4.69, 9.17) is 4.98 Å². The molecule has 0 spiro atoms. The molecule has 3 aromatic heterocycles. The summed E-state index contributed by atoms with van der Waals surface area (Å²) in [6.45, 7) is 7.90. The Morgan fingerprint density at radius 1 is 0.885 bits per heavy atom. The van der Waals surface area contributed by atoms with E-state index < -0.39 is 10.1 Å². The first-order valence-electron chi connectivity index (χ1n) is 17.4. The van der Waals surface area contributed by atoms with Crippen LogP contribution in [0, 0.1) is 6.92 Å². The van der Waals surface area contributed by atoms with Gasteiger partial charge in [-0.05, 0) is 69.0 Å². The Hall–Kier alpha value is -4.75. The van der Waals surface area contributed by atoms with Gasteiger partial charge >= 0.3 is 5.78 Å². The zero-order valence-electron chi connectivity index (χ0n) is 29.3. The topological polar surface area (TPSA) is 101 Å². The molecule has 0 radical (unpaired) electrons. The predicted octanol–water partition coefficient (Wildman–Crippen LogP) is 6.04. The molecule has 9 nitrogen and oxygen atoms in total. The molecule has 0 fully saturated rings. The number of hydrogen-bond donors (Lipinski definition) is 1. The van der Waals surface area contributed by atoms with Crippen molar-refractivity contribution in [2.75, 3.05) is 12.3 Å². The van der Waals surface area contributed by atoms with Crippen LogP contribution in [0.3, 0.4) is 0 Å². The van der Waals surface area contributed by atoms with E-state index in [0.29, 0.717) is 30.5 Å². The lowest BCUT2D eigenvalue weighted by Gasteiger charge is -2.21. The third kappa shape index (κ3) is 7.16. The van der Waals surface area contributed by atoms with Crippen molar-refractivity contribution in [3.63, 3.8) is 0 Å². The van der Waals surface area contributed by atoms with Gasteiger partial charge in [0, 0.05) is 30.1 Å². The molecule has 6 aromatic rings. The number of para-hydroxylation sites is 2. The lowest BCUT2D eigenvalue weighted by atomic mass is 10.1. The van der Waals surface area contributed by atoms with Gasteiger partial charge in [0.1, 0.15) is 15.9 Å². The molecule has 0 unspecified atom stereocenters. The number of fused-ring (bicyclic) bond motifs is 3. The van der Waals surface area contributed by atoms with Crippen LogP contribution >= 0.6 is 23.1 Å². The molecule has 0 aliphatic carbocycles. The molecule has 7 rings (SSSR count). The molecule has 4 heterocycles. The average Bonchev–Trinajstić information content (AvgIpc) is 3.81. The summed E-state index contributed by atoms with van der Waals surface area (Å²) in [7, 11) is -4.06. The van der Waals surface area contributed by atoms with Gasteiger partial charge in [-0.25, -0.2) is 4.57 Å². The second kappa shape index (κ2) is 15.1. The van der Waals surface area contributed by atoms with E-state index in [0.717, 1.165) is 61.3 Å². The van der Waals surface area contributed by atoms with Crippen LogP contribution in [0.2, 0.25) is 0 Å². The second-order valence-corrected chi connectivity index (χ2v) is 16.2. The largest absolute Gasteiger partial charge is 0.404 e. The van der Waals surface area contributed by atoms with Gasteiger partial charge in [0.05, 0.1) is 33.2 Å². The highest BCUT2D eigenvalue weighted by Gasteiger charge is 2.29. The molecule has 1 N–H and O–H groups in total. The minimum atomic E-state index is -4.06. The van der Waals surface area contributed by atoms with Gasteiger partial charge in [0.2, 0.25) is 0 Å². The third-order valence-electron chi connectivity index (χ3n) is 9.10. The van der Waals surface area contributed by atoms with Crippen molar-refractivity contribution >= 4 is 72.8 Å². The minimum absolute atomic E-state index is 0.0507. The standard InChI is InChI=1S/C40H39N5O4S3/c1-4-42-35(51-38(30-18-10-7-11-19-30)37(42)29-16-8-6-9-17-29)23-22-34-39(46)43(5-2)36(50-34)27-31-26-28(3)45-33-21-13-12-20-32(33)41-40(45)44(31)24-14-15-25-52(47,48)49/h6-13,16-23,26-27H,4-5,14-15,24-25H2,1-3H3/p+1. The van der Waals surface area contributed by atoms with Gasteiger partial charge in [-0.15, -0.1) is 11.3 Å². The Morgan fingerprint density at radius 2 is 1.58 bits per heavy atom. The Labute approximate surface area is 311 Å². The summed E-state index contributed by atoms with van der Waals surface area (Å²) in [4.78, 5) is 22.3. The molecule has 1 aliphatic heterocycles. The van der Waals surface area contributed by atoms with Crippen molar-refractivity contribution < 1.29 is 17.5 Å². The van der Waals surface area contributed by atoms with Crippen LogP contribution in [0.5, 0.6) is 0 Å². The molecule has 0 saturated carbocycles. The Morgan fingerprint density at radius 3 is 2.27 bits per heavy atom. The van der Waals surface area contributed by atoms with E-state index >= 15 is 0 Å². The fraction of sp³-hybridized carbons (Fsp3) is 0.225. The zero-order chi connectivity index (χ0) is 36.4. The number of aryl methyl sites for hydroxylation is 2. The summed E-state index contributed by atoms with van der Waals surface area (Å²) >= 11 is 3.17. The third-order valence-corrected chi connectivity index (χ3v) is 12.2. The minimum Gasteiger partial charge on any atom is -0.335 e. The van der Waals surface area contributed by atoms with E-state index in [1.807, 2.05) is 62.4 Å². The molecule has 1 aliphatic rings. The van der Waals surface area contributed by atoms with Crippen molar-refractivity contribution in [2.24, 2.45) is 0 Å². The first-order chi connectivity index (χ1) is 25.2. The number of nitrogens with zero attached hydrogens (tertiary/aromatic N) is 5. The number of hydrogen-bond acceptors (Lipinski definition) is 7. The van der Waals surface area contributed by atoms with E-state index in [9.17, 15) is 17.8 Å². The molecule has 52 heavy (non-hydrogen) atoms. The highest BCUT2D eigenvalue weighted by Crippen LogP contribution is 2.50. The monoisotopic (exact) mass is 750 g/mol. The first kappa shape index (κ1) is 35.6. The number of imidazole rings is 1. The highest BCUT2D eigenvalue weighted by atomic mass is 32.2. The molecular weight excluding hydrogens is 711 g/mol. The molecule has 266 valence electrons. The number of thiazole rings is 1. The Bertz CT molecular complexity index is 2640. The van der Waals surface area contributed by atoms with Gasteiger partial charge in [-0.2, -0.15) is 12.8 Å². The first-order valence-corrected chi connectivity index (χ1v) is 20.6. The number of thioether (sulfide) groups is 1.